The number of carboxylic acid groups (broad SMARTS) is 1. The van der Waals surface area contributed by atoms with Crippen LogP contribution in [0.3, 0.4) is 0 Å². The van der Waals surface area contributed by atoms with E-state index >= 15 is 0 Å². The minimum atomic E-state index is -1.19. The highest BCUT2D eigenvalue weighted by Gasteiger charge is 2.31. The number of carbonyl (C=O) groups excluding carboxylic acids is 3. The van der Waals surface area contributed by atoms with Gasteiger partial charge in [0.2, 0.25) is 17.7 Å². The summed E-state index contributed by atoms with van der Waals surface area (Å²) in [7, 11) is 0. The SMILES string of the molecule is CCCN(CC(=O)O)C(=O)[C@H](Cc1ccccc1)NC(=O)[C@@H](CCCN=C(N)N)NC(=O)[C@H](Cc1ccc(O)cc1)N=C(N)N. The number of amides is 3. The molecule has 0 fully saturated rings. The quantitative estimate of drug-likeness (QED) is 0.0578. The largest absolute Gasteiger partial charge is 0.508 e. The van der Waals surface area contributed by atoms with Gasteiger partial charge in [-0.25, -0.2) is 4.99 Å². The van der Waals surface area contributed by atoms with E-state index in [1.165, 1.54) is 17.0 Å². The van der Waals surface area contributed by atoms with Gasteiger partial charge in [0.1, 0.15) is 30.4 Å². The number of nitrogens with two attached hydrogens (primary N) is 4. The Morgan fingerprint density at radius 3 is 2.04 bits per heavy atom. The van der Waals surface area contributed by atoms with Crippen molar-refractivity contribution in [1.82, 2.24) is 15.5 Å². The summed E-state index contributed by atoms with van der Waals surface area (Å²) in [5.74, 6) is -3.54. The number of rotatable bonds is 18. The average Bonchev–Trinajstić information content (AvgIpc) is 2.98. The summed E-state index contributed by atoms with van der Waals surface area (Å²) in [6.07, 6.45) is 1.02. The van der Waals surface area contributed by atoms with Crippen LogP contribution in [0.2, 0.25) is 0 Å². The first-order valence-electron chi connectivity index (χ1n) is 14.5. The molecule has 15 heteroatoms. The summed E-state index contributed by atoms with van der Waals surface area (Å²) in [5.41, 5.74) is 23.4. The summed E-state index contributed by atoms with van der Waals surface area (Å²) in [4.78, 5) is 61.4. The first-order chi connectivity index (χ1) is 21.4. The Kier molecular flexibility index (Phi) is 14.6. The lowest BCUT2D eigenvalue weighted by atomic mass is 10.0. The molecule has 0 radical (unpaired) electrons. The van der Waals surface area contributed by atoms with E-state index in [4.69, 9.17) is 22.9 Å². The Hall–Kier alpha value is -5.34. The number of phenols is 1. The molecular weight excluding hydrogens is 582 g/mol. The number of guanidine groups is 2. The molecule has 2 aromatic rings. The summed E-state index contributed by atoms with van der Waals surface area (Å²) in [6, 6.07) is 11.6. The molecule has 244 valence electrons. The number of phenolic OH excluding ortho intramolecular Hbond substituents is 1. The van der Waals surface area contributed by atoms with E-state index in [0.717, 1.165) is 5.56 Å². The minimum Gasteiger partial charge on any atom is -0.508 e. The predicted octanol–water partition coefficient (Wildman–Crippen LogP) is -0.834. The number of nitrogens with one attached hydrogen (secondary N) is 2. The van der Waals surface area contributed by atoms with Gasteiger partial charge in [-0.15, -0.1) is 0 Å². The molecule has 0 spiro atoms. The standard InChI is InChI=1S/C30H43N9O6/c1-2-15-39(18-25(41)42)28(45)24(17-19-7-4-3-5-8-19)37-26(43)22(9-6-14-35-29(31)32)36-27(44)23(38-30(33)34)16-20-10-12-21(40)13-11-20/h3-5,7-8,10-13,22-24,40H,2,6,9,14-18H2,1H3,(H,36,44)(H,37,43)(H,41,42)(H4,31,32,35)(H4,33,34,38)/t22-,23+,24+/m1/s1. The Labute approximate surface area is 261 Å². The molecule has 0 aromatic heterocycles. The zero-order valence-corrected chi connectivity index (χ0v) is 25.3. The lowest BCUT2D eigenvalue weighted by Gasteiger charge is -2.28. The molecule has 0 aliphatic heterocycles. The van der Waals surface area contributed by atoms with Crippen molar-refractivity contribution in [1.29, 1.82) is 0 Å². The second-order valence-corrected chi connectivity index (χ2v) is 10.4. The summed E-state index contributed by atoms with van der Waals surface area (Å²) in [6.45, 7) is 1.61. The van der Waals surface area contributed by atoms with Crippen molar-refractivity contribution in [2.24, 2.45) is 32.9 Å². The van der Waals surface area contributed by atoms with Crippen LogP contribution in [0.25, 0.3) is 0 Å². The third-order valence-electron chi connectivity index (χ3n) is 6.58. The smallest absolute Gasteiger partial charge is 0.323 e. The number of aromatic hydroxyl groups is 1. The number of hydrogen-bond acceptors (Lipinski definition) is 7. The number of nitrogens with zero attached hydrogens (tertiary/aromatic N) is 3. The van der Waals surface area contributed by atoms with E-state index in [1.54, 1.807) is 49.4 Å². The van der Waals surface area contributed by atoms with Gasteiger partial charge in [-0.3, -0.25) is 24.2 Å². The molecule has 3 amide bonds. The fourth-order valence-corrected chi connectivity index (χ4v) is 4.52. The van der Waals surface area contributed by atoms with Crippen molar-refractivity contribution >= 4 is 35.6 Å². The third-order valence-corrected chi connectivity index (χ3v) is 6.58. The van der Waals surface area contributed by atoms with Gasteiger partial charge in [0, 0.05) is 25.9 Å². The molecule has 2 aromatic carbocycles. The molecule has 0 saturated heterocycles. The molecule has 3 atom stereocenters. The van der Waals surface area contributed by atoms with Crippen LogP contribution in [-0.4, -0.2) is 88.5 Å². The highest BCUT2D eigenvalue weighted by molar-refractivity contribution is 5.94. The van der Waals surface area contributed by atoms with Crippen molar-refractivity contribution in [3.63, 3.8) is 0 Å². The Morgan fingerprint density at radius 1 is 0.844 bits per heavy atom. The van der Waals surface area contributed by atoms with Gasteiger partial charge in [0.25, 0.3) is 0 Å². The van der Waals surface area contributed by atoms with Gasteiger partial charge >= 0.3 is 5.97 Å². The third kappa shape index (κ3) is 13.2. The average molecular weight is 626 g/mol. The first kappa shape index (κ1) is 35.9. The number of benzene rings is 2. The molecule has 45 heavy (non-hydrogen) atoms. The molecule has 0 unspecified atom stereocenters. The Morgan fingerprint density at radius 2 is 1.47 bits per heavy atom. The monoisotopic (exact) mass is 625 g/mol. The van der Waals surface area contributed by atoms with Crippen LogP contribution in [0.15, 0.2) is 64.6 Å². The van der Waals surface area contributed by atoms with Crippen LogP contribution in [-0.2, 0) is 32.0 Å². The predicted molar refractivity (Wildman–Crippen MR) is 170 cm³/mol. The van der Waals surface area contributed by atoms with Crippen LogP contribution in [0, 0.1) is 0 Å². The number of hydrogen-bond donors (Lipinski definition) is 8. The van der Waals surface area contributed by atoms with Crippen molar-refractivity contribution < 1.29 is 29.4 Å². The second kappa shape index (κ2) is 18.4. The number of aliphatic carboxylic acids is 1. The summed E-state index contributed by atoms with van der Waals surface area (Å²) in [5, 5.41) is 24.4. The highest BCUT2D eigenvalue weighted by atomic mass is 16.4. The fourth-order valence-electron chi connectivity index (χ4n) is 4.52. The van der Waals surface area contributed by atoms with Crippen LogP contribution >= 0.6 is 0 Å². The molecular formula is C30H43N9O6. The Bertz CT molecular complexity index is 1330. The van der Waals surface area contributed by atoms with Crippen LogP contribution < -0.4 is 33.6 Å². The lowest BCUT2D eigenvalue weighted by Crippen LogP contribution is -2.56. The summed E-state index contributed by atoms with van der Waals surface area (Å²) < 4.78 is 0. The maximum atomic E-state index is 13.7. The van der Waals surface area contributed by atoms with Gasteiger partial charge in [-0.1, -0.05) is 49.4 Å². The zero-order valence-electron chi connectivity index (χ0n) is 25.3. The second-order valence-electron chi connectivity index (χ2n) is 10.4. The van der Waals surface area contributed by atoms with Gasteiger partial charge in [0.05, 0.1) is 0 Å². The number of aliphatic imine (C=N–C) groups is 2. The molecule has 0 saturated carbocycles. The van der Waals surface area contributed by atoms with Crippen molar-refractivity contribution in [2.45, 2.75) is 57.2 Å². The highest BCUT2D eigenvalue weighted by Crippen LogP contribution is 2.14. The van der Waals surface area contributed by atoms with E-state index in [1.807, 2.05) is 0 Å². The minimum absolute atomic E-state index is 0.0413. The molecule has 2 rings (SSSR count). The molecule has 12 N–H and O–H groups in total. The van der Waals surface area contributed by atoms with Crippen molar-refractivity contribution in [3.8, 4) is 5.75 Å². The maximum Gasteiger partial charge on any atom is 0.323 e. The molecule has 0 aliphatic carbocycles. The van der Waals surface area contributed by atoms with E-state index in [0.29, 0.717) is 18.4 Å². The van der Waals surface area contributed by atoms with E-state index in [9.17, 15) is 29.4 Å². The van der Waals surface area contributed by atoms with E-state index in [-0.39, 0.29) is 50.0 Å². The Balaban J connectivity index is 2.37. The number of carboxylic acids is 1. The van der Waals surface area contributed by atoms with E-state index in [2.05, 4.69) is 20.6 Å². The van der Waals surface area contributed by atoms with Crippen molar-refractivity contribution in [2.75, 3.05) is 19.6 Å². The van der Waals surface area contributed by atoms with Gasteiger partial charge in [-0.05, 0) is 42.5 Å². The fraction of sp³-hybridized carbons (Fsp3) is 0.400. The molecule has 15 nitrogen and oxygen atoms in total. The molecule has 0 aliphatic rings. The maximum absolute atomic E-state index is 13.7. The van der Waals surface area contributed by atoms with Gasteiger partial charge in [0.15, 0.2) is 11.9 Å². The van der Waals surface area contributed by atoms with E-state index < -0.39 is 48.4 Å². The molecule has 0 heterocycles. The van der Waals surface area contributed by atoms with Crippen LogP contribution in [0.5, 0.6) is 5.75 Å². The lowest BCUT2D eigenvalue weighted by molar-refractivity contribution is -0.146. The van der Waals surface area contributed by atoms with Gasteiger partial charge < -0.3 is 48.7 Å². The number of carbonyl (C=O) groups is 4. The molecule has 0 bridgehead atoms. The van der Waals surface area contributed by atoms with Gasteiger partial charge in [-0.2, -0.15) is 0 Å². The van der Waals surface area contributed by atoms with Crippen LogP contribution in [0.1, 0.15) is 37.3 Å². The normalized spacial score (nSPS) is 12.6. The first-order valence-corrected chi connectivity index (χ1v) is 14.5. The topological polar surface area (TPSA) is 265 Å². The van der Waals surface area contributed by atoms with Crippen LogP contribution in [0.4, 0.5) is 0 Å². The summed E-state index contributed by atoms with van der Waals surface area (Å²) >= 11 is 0. The van der Waals surface area contributed by atoms with Crippen molar-refractivity contribution in [3.05, 3.63) is 65.7 Å². The zero-order chi connectivity index (χ0) is 33.4.